The van der Waals surface area contributed by atoms with Crippen LogP contribution in [0.1, 0.15) is 22.8 Å². The largest absolute Gasteiger partial charge is 0.328 e. The van der Waals surface area contributed by atoms with E-state index >= 15 is 0 Å². The Morgan fingerprint density at radius 3 is 2.70 bits per heavy atom. The smallest absolute Gasteiger partial charge is 0.254 e. The second-order valence-electron chi connectivity index (χ2n) is 6.85. The highest BCUT2D eigenvalue weighted by molar-refractivity contribution is 9.10. The number of amides is 2. The minimum Gasteiger partial charge on any atom is -0.328 e. The Labute approximate surface area is 162 Å². The SMILES string of the molecule is C[C@@H]1[C@@H](F)[C@@]12CN(CC(=O)Nc1ncc(F)cn1)C(=O)c1ccc(Br)cc12. The number of fused-ring (bicyclic) bond motifs is 2. The van der Waals surface area contributed by atoms with E-state index in [0.29, 0.717) is 11.1 Å². The van der Waals surface area contributed by atoms with Crippen molar-refractivity contribution in [1.29, 1.82) is 0 Å². The molecule has 0 saturated heterocycles. The lowest BCUT2D eigenvalue weighted by molar-refractivity contribution is -0.117. The van der Waals surface area contributed by atoms with Gasteiger partial charge in [0.2, 0.25) is 11.9 Å². The zero-order chi connectivity index (χ0) is 19.3. The fourth-order valence-electron chi connectivity index (χ4n) is 3.77. The van der Waals surface area contributed by atoms with Gasteiger partial charge in [0, 0.05) is 22.5 Å². The van der Waals surface area contributed by atoms with Crippen LogP contribution in [0.4, 0.5) is 14.7 Å². The Morgan fingerprint density at radius 1 is 1.41 bits per heavy atom. The van der Waals surface area contributed by atoms with Gasteiger partial charge in [-0.05, 0) is 23.8 Å². The van der Waals surface area contributed by atoms with Crippen molar-refractivity contribution in [3.63, 3.8) is 0 Å². The highest BCUT2D eigenvalue weighted by Crippen LogP contribution is 2.59. The fraction of sp³-hybridized carbons (Fsp3) is 0.333. The summed E-state index contributed by atoms with van der Waals surface area (Å²) < 4.78 is 28.2. The van der Waals surface area contributed by atoms with E-state index < -0.39 is 23.3 Å². The highest BCUT2D eigenvalue weighted by atomic mass is 79.9. The van der Waals surface area contributed by atoms with Gasteiger partial charge in [-0.25, -0.2) is 18.7 Å². The monoisotopic (exact) mass is 436 g/mol. The van der Waals surface area contributed by atoms with E-state index in [1.54, 1.807) is 25.1 Å². The van der Waals surface area contributed by atoms with Crippen LogP contribution in [0, 0.1) is 11.7 Å². The van der Waals surface area contributed by atoms with E-state index in [2.05, 4.69) is 31.2 Å². The summed E-state index contributed by atoms with van der Waals surface area (Å²) in [6.45, 7) is 1.65. The van der Waals surface area contributed by atoms with Crippen molar-refractivity contribution in [2.45, 2.75) is 18.5 Å². The first-order valence-electron chi connectivity index (χ1n) is 8.33. The summed E-state index contributed by atoms with van der Waals surface area (Å²) >= 11 is 3.38. The molecule has 140 valence electrons. The van der Waals surface area contributed by atoms with Crippen molar-refractivity contribution in [3.05, 3.63) is 52.0 Å². The average Bonchev–Trinajstić information content (AvgIpc) is 3.15. The standard InChI is InChI=1S/C18H15BrF2N4O2/c1-9-15(21)18(9)8-25(16(27)12-3-2-10(19)4-13(12)18)7-14(26)24-17-22-5-11(20)6-23-17/h2-6,9,15H,7-8H2,1H3,(H,22,23,24,26)/t9-,15-,18+/m1/s1. The third-order valence-electron chi connectivity index (χ3n) is 5.29. The molecular weight excluding hydrogens is 422 g/mol. The maximum Gasteiger partial charge on any atom is 0.254 e. The van der Waals surface area contributed by atoms with E-state index in [1.807, 2.05) is 0 Å². The van der Waals surface area contributed by atoms with Crippen molar-refractivity contribution in [2.75, 3.05) is 18.4 Å². The van der Waals surface area contributed by atoms with Crippen LogP contribution >= 0.6 is 15.9 Å². The molecule has 1 saturated carbocycles. The van der Waals surface area contributed by atoms with Gasteiger partial charge in [0.1, 0.15) is 12.7 Å². The molecule has 0 unspecified atom stereocenters. The van der Waals surface area contributed by atoms with E-state index in [9.17, 15) is 18.4 Å². The van der Waals surface area contributed by atoms with Crippen molar-refractivity contribution in [1.82, 2.24) is 14.9 Å². The van der Waals surface area contributed by atoms with Crippen LogP contribution in [0.15, 0.2) is 35.1 Å². The van der Waals surface area contributed by atoms with Crippen LogP contribution in [-0.2, 0) is 10.2 Å². The van der Waals surface area contributed by atoms with Gasteiger partial charge >= 0.3 is 0 Å². The Hall–Kier alpha value is -2.42. The Bertz CT molecular complexity index is 929. The number of carbonyl (C=O) groups is 2. The van der Waals surface area contributed by atoms with Crippen LogP contribution in [0.25, 0.3) is 0 Å². The molecule has 4 rings (SSSR count). The third kappa shape index (κ3) is 2.90. The number of hydrogen-bond acceptors (Lipinski definition) is 4. The molecule has 2 aliphatic rings. The lowest BCUT2D eigenvalue weighted by Crippen LogP contribution is -2.48. The zero-order valence-electron chi connectivity index (χ0n) is 14.2. The lowest BCUT2D eigenvalue weighted by atomic mass is 9.84. The second-order valence-corrected chi connectivity index (χ2v) is 7.77. The lowest BCUT2D eigenvalue weighted by Gasteiger charge is -2.34. The molecule has 1 aromatic heterocycles. The number of halogens is 3. The van der Waals surface area contributed by atoms with Crippen LogP contribution in [-0.4, -0.2) is 45.9 Å². The second kappa shape index (κ2) is 6.33. The minimum absolute atomic E-state index is 0.0620. The van der Waals surface area contributed by atoms with E-state index in [-0.39, 0.29) is 30.9 Å². The number of aromatic nitrogens is 2. The molecule has 2 aromatic rings. The summed E-state index contributed by atoms with van der Waals surface area (Å²) in [5.74, 6) is -1.79. The Kier molecular flexibility index (Phi) is 4.21. The molecule has 1 fully saturated rings. The molecule has 27 heavy (non-hydrogen) atoms. The molecule has 9 heteroatoms. The zero-order valence-corrected chi connectivity index (χ0v) is 15.8. The maximum absolute atomic E-state index is 14.6. The predicted octanol–water partition coefficient (Wildman–Crippen LogP) is 2.70. The molecule has 0 radical (unpaired) electrons. The molecule has 6 nitrogen and oxygen atoms in total. The molecule has 1 aromatic carbocycles. The molecular formula is C18H15BrF2N4O2. The third-order valence-corrected chi connectivity index (χ3v) is 5.79. The molecule has 0 bridgehead atoms. The quantitative estimate of drug-likeness (QED) is 0.802. The van der Waals surface area contributed by atoms with Gasteiger partial charge in [-0.2, -0.15) is 0 Å². The molecule has 3 atom stereocenters. The normalized spacial score (nSPS) is 26.1. The van der Waals surface area contributed by atoms with Gasteiger partial charge < -0.3 is 4.90 Å². The van der Waals surface area contributed by atoms with Gasteiger partial charge in [0.15, 0.2) is 5.82 Å². The Balaban J connectivity index is 1.57. The first-order chi connectivity index (χ1) is 12.8. The molecule has 1 spiro atoms. The first kappa shape index (κ1) is 18.0. The summed E-state index contributed by atoms with van der Waals surface area (Å²) in [5.41, 5.74) is 0.294. The summed E-state index contributed by atoms with van der Waals surface area (Å²) in [5, 5.41) is 2.42. The minimum atomic E-state index is -1.08. The fourth-order valence-corrected chi connectivity index (χ4v) is 4.13. The molecule has 2 amide bonds. The van der Waals surface area contributed by atoms with Gasteiger partial charge in [-0.15, -0.1) is 0 Å². The van der Waals surface area contributed by atoms with Gasteiger partial charge in [-0.1, -0.05) is 22.9 Å². The predicted molar refractivity (Wildman–Crippen MR) is 96.4 cm³/mol. The highest BCUT2D eigenvalue weighted by Gasteiger charge is 2.67. The number of nitrogens with zero attached hydrogens (tertiary/aromatic N) is 3. The number of rotatable bonds is 3. The van der Waals surface area contributed by atoms with Gasteiger partial charge in [0.05, 0.1) is 17.8 Å². The summed E-state index contributed by atoms with van der Waals surface area (Å²) in [6.07, 6.45) is 0.777. The van der Waals surface area contributed by atoms with Crippen LogP contribution in [0.5, 0.6) is 0 Å². The topological polar surface area (TPSA) is 75.2 Å². The Morgan fingerprint density at radius 2 is 2.07 bits per heavy atom. The first-order valence-corrected chi connectivity index (χ1v) is 9.13. The van der Waals surface area contributed by atoms with Gasteiger partial charge in [-0.3, -0.25) is 14.9 Å². The maximum atomic E-state index is 14.6. The van der Waals surface area contributed by atoms with E-state index in [1.165, 1.54) is 4.90 Å². The number of benzene rings is 1. The number of nitrogens with one attached hydrogen (secondary N) is 1. The van der Waals surface area contributed by atoms with E-state index in [4.69, 9.17) is 0 Å². The number of hydrogen-bond donors (Lipinski definition) is 1. The summed E-state index contributed by atoms with van der Waals surface area (Å²) in [4.78, 5) is 33.8. The molecule has 1 aliphatic heterocycles. The molecule has 1 aliphatic carbocycles. The molecule has 2 heterocycles. The number of alkyl halides is 1. The van der Waals surface area contributed by atoms with Crippen LogP contribution in [0.3, 0.4) is 0 Å². The van der Waals surface area contributed by atoms with Crippen molar-refractivity contribution in [3.8, 4) is 0 Å². The van der Waals surface area contributed by atoms with Crippen LogP contribution < -0.4 is 5.32 Å². The molecule has 1 N–H and O–H groups in total. The van der Waals surface area contributed by atoms with E-state index in [0.717, 1.165) is 16.9 Å². The number of anilines is 1. The average molecular weight is 437 g/mol. The van der Waals surface area contributed by atoms with Crippen LogP contribution in [0.2, 0.25) is 0 Å². The summed E-state index contributed by atoms with van der Waals surface area (Å²) in [6, 6.07) is 5.15. The summed E-state index contributed by atoms with van der Waals surface area (Å²) in [7, 11) is 0. The van der Waals surface area contributed by atoms with Crippen molar-refractivity contribution < 1.29 is 18.4 Å². The van der Waals surface area contributed by atoms with Gasteiger partial charge in [0.25, 0.3) is 5.91 Å². The van der Waals surface area contributed by atoms with Crippen molar-refractivity contribution in [2.24, 2.45) is 5.92 Å². The number of carbonyl (C=O) groups excluding carboxylic acids is 2. The van der Waals surface area contributed by atoms with Crippen molar-refractivity contribution >= 4 is 33.7 Å².